The zero-order chi connectivity index (χ0) is 10.3. The molecule has 0 bridgehead atoms. The summed E-state index contributed by atoms with van der Waals surface area (Å²) in [4.78, 5) is 21.4. The monoisotopic (exact) mass is 224 g/mol. The van der Waals surface area contributed by atoms with Crippen molar-refractivity contribution < 1.29 is 9.59 Å². The summed E-state index contributed by atoms with van der Waals surface area (Å²) in [5, 5.41) is -1.28. The Hall–Kier alpha value is -0.0800. The molecule has 0 saturated carbocycles. The minimum absolute atomic E-state index is 0.477. The third-order valence-corrected chi connectivity index (χ3v) is 2.42. The van der Waals surface area contributed by atoms with Crippen LogP contribution in [0.4, 0.5) is 0 Å². The summed E-state index contributed by atoms with van der Waals surface area (Å²) in [6.45, 7) is 2.09. The molecule has 0 N–H and O–H groups in total. The van der Waals surface area contributed by atoms with E-state index in [0.717, 1.165) is 25.7 Å². The second kappa shape index (κ2) is 7.34. The summed E-state index contributed by atoms with van der Waals surface area (Å²) in [6, 6.07) is 0. The van der Waals surface area contributed by atoms with Crippen LogP contribution in [0.3, 0.4) is 0 Å². The highest BCUT2D eigenvalue weighted by molar-refractivity contribution is 6.73. The van der Waals surface area contributed by atoms with Gasteiger partial charge in [0.05, 0.1) is 0 Å². The van der Waals surface area contributed by atoms with Crippen molar-refractivity contribution in [2.24, 2.45) is 5.92 Å². The highest BCUT2D eigenvalue weighted by Crippen LogP contribution is 2.16. The normalized spacial score (nSPS) is 10.5. The van der Waals surface area contributed by atoms with Gasteiger partial charge in [-0.15, -0.1) is 0 Å². The zero-order valence-corrected chi connectivity index (χ0v) is 9.20. The molecule has 13 heavy (non-hydrogen) atoms. The van der Waals surface area contributed by atoms with E-state index in [1.54, 1.807) is 0 Å². The van der Waals surface area contributed by atoms with Crippen LogP contribution in [0, 0.1) is 5.92 Å². The Morgan fingerprint density at radius 3 is 2.00 bits per heavy atom. The molecule has 0 radical (unpaired) electrons. The Kier molecular flexibility index (Phi) is 7.29. The second-order valence-corrected chi connectivity index (χ2v) is 3.76. The molecule has 0 fully saturated rings. The average Bonchev–Trinajstić information content (AvgIpc) is 2.02. The van der Waals surface area contributed by atoms with E-state index in [4.69, 9.17) is 23.2 Å². The first-order valence-corrected chi connectivity index (χ1v) is 5.23. The van der Waals surface area contributed by atoms with Gasteiger partial charge in [-0.2, -0.15) is 0 Å². The number of rotatable bonds is 7. The molecular weight excluding hydrogens is 211 g/mol. The molecular formula is C9H14Cl2O2. The van der Waals surface area contributed by atoms with Gasteiger partial charge in [-0.25, -0.2) is 0 Å². The van der Waals surface area contributed by atoms with Crippen LogP contribution in [0.25, 0.3) is 0 Å². The van der Waals surface area contributed by atoms with Crippen molar-refractivity contribution in [3.05, 3.63) is 0 Å². The third kappa shape index (κ3) is 6.05. The van der Waals surface area contributed by atoms with Crippen molar-refractivity contribution in [1.29, 1.82) is 0 Å². The van der Waals surface area contributed by atoms with Gasteiger partial charge in [-0.1, -0.05) is 32.6 Å². The number of halogens is 2. The molecule has 0 aromatic heterocycles. The predicted octanol–water partition coefficient (Wildman–Crippen LogP) is 3.10. The van der Waals surface area contributed by atoms with Gasteiger partial charge in [0, 0.05) is 0 Å². The van der Waals surface area contributed by atoms with E-state index in [1.807, 2.05) is 0 Å². The van der Waals surface area contributed by atoms with Crippen LogP contribution < -0.4 is 0 Å². The van der Waals surface area contributed by atoms with Crippen molar-refractivity contribution >= 4 is 33.7 Å². The molecule has 0 aliphatic carbocycles. The lowest BCUT2D eigenvalue weighted by Crippen LogP contribution is -2.15. The van der Waals surface area contributed by atoms with E-state index in [-0.39, 0.29) is 0 Å². The van der Waals surface area contributed by atoms with Crippen molar-refractivity contribution in [2.75, 3.05) is 0 Å². The van der Waals surface area contributed by atoms with Crippen LogP contribution in [0.1, 0.15) is 39.0 Å². The van der Waals surface area contributed by atoms with Gasteiger partial charge >= 0.3 is 0 Å². The average molecular weight is 225 g/mol. The van der Waals surface area contributed by atoms with Crippen LogP contribution in [0.15, 0.2) is 0 Å². The van der Waals surface area contributed by atoms with E-state index in [1.165, 1.54) is 0 Å². The summed E-state index contributed by atoms with van der Waals surface area (Å²) in [5.41, 5.74) is 0. The first-order valence-electron chi connectivity index (χ1n) is 4.48. The Morgan fingerprint density at radius 1 is 1.08 bits per heavy atom. The Labute approximate surface area is 88.6 Å². The number of carbonyl (C=O) groups excluding carboxylic acids is 2. The molecule has 0 rings (SSSR count). The van der Waals surface area contributed by atoms with E-state index in [2.05, 4.69) is 6.92 Å². The van der Waals surface area contributed by atoms with E-state index < -0.39 is 16.4 Å². The summed E-state index contributed by atoms with van der Waals surface area (Å²) in [6.07, 6.45) is 4.55. The van der Waals surface area contributed by atoms with E-state index in [0.29, 0.717) is 6.42 Å². The minimum Gasteiger partial charge on any atom is -0.280 e. The molecule has 0 saturated heterocycles. The summed E-state index contributed by atoms with van der Waals surface area (Å²) >= 11 is 10.4. The molecule has 0 unspecified atom stereocenters. The third-order valence-electron chi connectivity index (χ3n) is 1.89. The molecule has 4 heteroatoms. The van der Waals surface area contributed by atoms with Crippen molar-refractivity contribution in [2.45, 2.75) is 39.0 Å². The fourth-order valence-corrected chi connectivity index (χ4v) is 1.56. The van der Waals surface area contributed by atoms with Gasteiger partial charge in [-0.3, -0.25) is 9.59 Å². The molecule has 0 aromatic carbocycles. The lowest BCUT2D eigenvalue weighted by Gasteiger charge is -2.05. The van der Waals surface area contributed by atoms with Gasteiger partial charge in [0.2, 0.25) is 10.5 Å². The molecule has 0 aliphatic rings. The number of carbonyl (C=O) groups is 2. The molecule has 0 aromatic rings. The lowest BCUT2D eigenvalue weighted by atomic mass is 10.0. The lowest BCUT2D eigenvalue weighted by molar-refractivity contribution is -0.124. The maximum Gasteiger partial charge on any atom is 0.233 e. The quantitative estimate of drug-likeness (QED) is 0.379. The number of unbranched alkanes of at least 4 members (excludes halogenated alkanes) is 3. The van der Waals surface area contributed by atoms with Crippen molar-refractivity contribution in [1.82, 2.24) is 0 Å². The zero-order valence-electron chi connectivity index (χ0n) is 7.69. The Morgan fingerprint density at radius 2 is 1.62 bits per heavy atom. The van der Waals surface area contributed by atoms with Crippen LogP contribution in [0.5, 0.6) is 0 Å². The summed E-state index contributed by atoms with van der Waals surface area (Å²) < 4.78 is 0. The largest absolute Gasteiger partial charge is 0.280 e. The first-order chi connectivity index (χ1) is 6.09. The van der Waals surface area contributed by atoms with E-state index >= 15 is 0 Å². The fourth-order valence-electron chi connectivity index (χ4n) is 1.09. The van der Waals surface area contributed by atoms with Gasteiger partial charge in [0.25, 0.3) is 0 Å². The molecule has 0 aliphatic heterocycles. The van der Waals surface area contributed by atoms with Gasteiger partial charge in [0.1, 0.15) is 5.92 Å². The van der Waals surface area contributed by atoms with Crippen LogP contribution in [0.2, 0.25) is 0 Å². The molecule has 2 nitrogen and oxygen atoms in total. The molecule has 0 spiro atoms. The Bertz CT molecular complexity index is 166. The number of hydrogen-bond acceptors (Lipinski definition) is 2. The molecule has 0 amide bonds. The first kappa shape index (κ1) is 12.9. The van der Waals surface area contributed by atoms with Crippen LogP contribution in [-0.2, 0) is 9.59 Å². The van der Waals surface area contributed by atoms with Crippen molar-refractivity contribution in [3.63, 3.8) is 0 Å². The highest BCUT2D eigenvalue weighted by Gasteiger charge is 2.22. The van der Waals surface area contributed by atoms with Gasteiger partial charge < -0.3 is 0 Å². The second-order valence-electron chi connectivity index (χ2n) is 3.01. The SMILES string of the molecule is CCCCCCC(C(=O)Cl)C(=O)Cl. The summed E-state index contributed by atoms with van der Waals surface area (Å²) in [7, 11) is 0. The van der Waals surface area contributed by atoms with Crippen LogP contribution in [-0.4, -0.2) is 10.5 Å². The smallest absolute Gasteiger partial charge is 0.233 e. The standard InChI is InChI=1S/C9H14Cl2O2/c1-2-3-4-5-6-7(8(10)12)9(11)13/h7H,2-6H2,1H3. The summed E-state index contributed by atoms with van der Waals surface area (Å²) in [5.74, 6) is -0.805. The van der Waals surface area contributed by atoms with E-state index in [9.17, 15) is 9.59 Å². The Balaban J connectivity index is 3.71. The molecule has 0 heterocycles. The fraction of sp³-hybridized carbons (Fsp3) is 0.778. The minimum atomic E-state index is -0.805. The number of hydrogen-bond donors (Lipinski definition) is 0. The van der Waals surface area contributed by atoms with Crippen molar-refractivity contribution in [3.8, 4) is 0 Å². The van der Waals surface area contributed by atoms with Gasteiger partial charge in [0.15, 0.2) is 0 Å². The van der Waals surface area contributed by atoms with Crippen LogP contribution >= 0.6 is 23.2 Å². The predicted molar refractivity (Wildman–Crippen MR) is 54.0 cm³/mol. The maximum atomic E-state index is 10.7. The molecule has 0 atom stereocenters. The topological polar surface area (TPSA) is 34.1 Å². The maximum absolute atomic E-state index is 10.7. The highest BCUT2D eigenvalue weighted by atomic mass is 35.5. The molecule has 76 valence electrons. The van der Waals surface area contributed by atoms with Gasteiger partial charge in [-0.05, 0) is 29.6 Å².